The minimum Gasteiger partial charge on any atom is -0.394 e. The van der Waals surface area contributed by atoms with Crippen molar-refractivity contribution in [2.24, 2.45) is 0 Å². The Morgan fingerprint density at radius 2 is 2.13 bits per heavy atom. The van der Waals surface area contributed by atoms with E-state index >= 15 is 0 Å². The summed E-state index contributed by atoms with van der Waals surface area (Å²) < 4.78 is 0. The Morgan fingerprint density at radius 1 is 1.47 bits per heavy atom. The van der Waals surface area contributed by atoms with Gasteiger partial charge in [0, 0.05) is 12.6 Å². The number of nitrogens with zero attached hydrogens (tertiary/aromatic N) is 1. The number of likely N-dealkylation sites (N-methyl/N-ethyl adjacent to an activating group) is 1. The van der Waals surface area contributed by atoms with E-state index in [0.29, 0.717) is 6.04 Å². The smallest absolute Gasteiger partial charge is 0.0623 e. The molecule has 1 fully saturated rings. The van der Waals surface area contributed by atoms with Gasteiger partial charge in [0.2, 0.25) is 0 Å². The average Bonchev–Trinajstić information content (AvgIpc) is 2.98. The lowest BCUT2D eigenvalue weighted by Crippen LogP contribution is -2.54. The first-order valence-electron chi connectivity index (χ1n) is 6.17. The second-order valence-electron chi connectivity index (χ2n) is 5.23. The molecule has 90 valence electrons. The van der Waals surface area contributed by atoms with E-state index < -0.39 is 0 Å². The standard InChI is InChI=1S/C12H26N2O/c1-4-5-8-14(3)9-12(2,10-15)13-11-6-7-11/h11,13,15H,4-10H2,1-3H3. The van der Waals surface area contributed by atoms with Gasteiger partial charge in [-0.25, -0.2) is 0 Å². The van der Waals surface area contributed by atoms with Crippen LogP contribution in [-0.4, -0.2) is 48.3 Å². The van der Waals surface area contributed by atoms with E-state index in [1.807, 2.05) is 0 Å². The molecule has 1 unspecified atom stereocenters. The highest BCUT2D eigenvalue weighted by molar-refractivity contribution is 4.93. The molecule has 1 rings (SSSR count). The minimum atomic E-state index is -0.121. The van der Waals surface area contributed by atoms with Crippen LogP contribution < -0.4 is 5.32 Å². The minimum absolute atomic E-state index is 0.121. The van der Waals surface area contributed by atoms with Crippen LogP contribution >= 0.6 is 0 Å². The molecule has 0 heterocycles. The van der Waals surface area contributed by atoms with Crippen molar-refractivity contribution < 1.29 is 5.11 Å². The summed E-state index contributed by atoms with van der Waals surface area (Å²) in [5, 5.41) is 13.0. The van der Waals surface area contributed by atoms with Gasteiger partial charge in [0.25, 0.3) is 0 Å². The number of unbranched alkanes of at least 4 members (excludes halogenated alkanes) is 1. The van der Waals surface area contributed by atoms with Crippen LogP contribution in [0.15, 0.2) is 0 Å². The van der Waals surface area contributed by atoms with Gasteiger partial charge in [0.05, 0.1) is 12.1 Å². The summed E-state index contributed by atoms with van der Waals surface area (Å²) in [6, 6.07) is 0.654. The molecule has 15 heavy (non-hydrogen) atoms. The van der Waals surface area contributed by atoms with E-state index in [0.717, 1.165) is 13.1 Å². The second kappa shape index (κ2) is 5.83. The van der Waals surface area contributed by atoms with Crippen LogP contribution in [0.25, 0.3) is 0 Å². The van der Waals surface area contributed by atoms with Gasteiger partial charge in [-0.05, 0) is 39.8 Å². The quantitative estimate of drug-likeness (QED) is 0.638. The molecule has 2 N–H and O–H groups in total. The number of aliphatic hydroxyl groups is 1. The first kappa shape index (κ1) is 12.9. The lowest BCUT2D eigenvalue weighted by atomic mass is 10.0. The average molecular weight is 214 g/mol. The lowest BCUT2D eigenvalue weighted by Gasteiger charge is -2.33. The molecule has 0 spiro atoms. The maximum atomic E-state index is 9.45. The zero-order valence-electron chi connectivity index (χ0n) is 10.4. The molecule has 1 atom stereocenters. The molecule has 0 bridgehead atoms. The van der Waals surface area contributed by atoms with Crippen LogP contribution in [0.2, 0.25) is 0 Å². The van der Waals surface area contributed by atoms with Crippen molar-refractivity contribution in [2.75, 3.05) is 26.7 Å². The Kier molecular flexibility index (Phi) is 5.03. The SMILES string of the molecule is CCCCN(C)CC(C)(CO)NC1CC1. The molecular formula is C12H26N2O. The Labute approximate surface area is 93.9 Å². The highest BCUT2D eigenvalue weighted by Gasteiger charge is 2.32. The maximum absolute atomic E-state index is 9.45. The molecule has 3 heteroatoms. The molecule has 0 radical (unpaired) electrons. The Morgan fingerprint density at radius 3 is 2.60 bits per heavy atom. The van der Waals surface area contributed by atoms with E-state index in [2.05, 4.69) is 31.1 Å². The molecule has 0 saturated heterocycles. The number of nitrogens with one attached hydrogen (secondary N) is 1. The van der Waals surface area contributed by atoms with Gasteiger partial charge in [0.1, 0.15) is 0 Å². The van der Waals surface area contributed by atoms with Crippen LogP contribution in [0.1, 0.15) is 39.5 Å². The zero-order chi connectivity index (χ0) is 11.3. The molecule has 1 aliphatic carbocycles. The van der Waals surface area contributed by atoms with Crippen molar-refractivity contribution in [1.82, 2.24) is 10.2 Å². The Balaban J connectivity index is 2.29. The van der Waals surface area contributed by atoms with Gasteiger partial charge >= 0.3 is 0 Å². The summed E-state index contributed by atoms with van der Waals surface area (Å²) in [4.78, 5) is 2.31. The van der Waals surface area contributed by atoms with Crippen molar-refractivity contribution in [1.29, 1.82) is 0 Å². The number of hydrogen-bond donors (Lipinski definition) is 2. The van der Waals surface area contributed by atoms with Crippen molar-refractivity contribution in [2.45, 2.75) is 51.1 Å². The van der Waals surface area contributed by atoms with E-state index in [1.54, 1.807) is 0 Å². The van der Waals surface area contributed by atoms with Crippen molar-refractivity contribution in [3.8, 4) is 0 Å². The van der Waals surface area contributed by atoms with Crippen molar-refractivity contribution in [3.05, 3.63) is 0 Å². The molecule has 0 aliphatic heterocycles. The summed E-state index contributed by atoms with van der Waals surface area (Å²) >= 11 is 0. The third-order valence-corrected chi connectivity index (χ3v) is 2.99. The maximum Gasteiger partial charge on any atom is 0.0623 e. The third kappa shape index (κ3) is 4.96. The summed E-state index contributed by atoms with van der Waals surface area (Å²) in [6.07, 6.45) is 5.01. The predicted molar refractivity (Wildman–Crippen MR) is 64.1 cm³/mol. The van der Waals surface area contributed by atoms with Gasteiger partial charge in [-0.1, -0.05) is 13.3 Å². The van der Waals surface area contributed by atoms with Gasteiger partial charge < -0.3 is 15.3 Å². The van der Waals surface area contributed by atoms with Gasteiger partial charge in [-0.2, -0.15) is 0 Å². The highest BCUT2D eigenvalue weighted by Crippen LogP contribution is 2.22. The summed E-state index contributed by atoms with van der Waals surface area (Å²) in [5.74, 6) is 0. The van der Waals surface area contributed by atoms with Crippen LogP contribution in [0.4, 0.5) is 0 Å². The summed E-state index contributed by atoms with van der Waals surface area (Å²) in [6.45, 7) is 6.60. The number of aliphatic hydroxyl groups excluding tert-OH is 1. The van der Waals surface area contributed by atoms with Gasteiger partial charge in [0.15, 0.2) is 0 Å². The molecular weight excluding hydrogens is 188 g/mol. The summed E-state index contributed by atoms with van der Waals surface area (Å²) in [5.41, 5.74) is -0.121. The molecule has 0 aromatic carbocycles. The monoisotopic (exact) mass is 214 g/mol. The zero-order valence-corrected chi connectivity index (χ0v) is 10.4. The fourth-order valence-corrected chi connectivity index (χ4v) is 1.96. The van der Waals surface area contributed by atoms with Crippen molar-refractivity contribution >= 4 is 0 Å². The molecule has 1 saturated carbocycles. The number of hydrogen-bond acceptors (Lipinski definition) is 3. The third-order valence-electron chi connectivity index (χ3n) is 2.99. The van der Waals surface area contributed by atoms with Crippen LogP contribution in [0.5, 0.6) is 0 Å². The fourth-order valence-electron chi connectivity index (χ4n) is 1.96. The van der Waals surface area contributed by atoms with E-state index in [9.17, 15) is 5.11 Å². The lowest BCUT2D eigenvalue weighted by molar-refractivity contribution is 0.130. The molecule has 0 aromatic rings. The first-order valence-corrected chi connectivity index (χ1v) is 6.17. The van der Waals surface area contributed by atoms with Crippen LogP contribution in [0.3, 0.4) is 0 Å². The largest absolute Gasteiger partial charge is 0.394 e. The van der Waals surface area contributed by atoms with Crippen molar-refractivity contribution in [3.63, 3.8) is 0 Å². The molecule has 0 amide bonds. The highest BCUT2D eigenvalue weighted by atomic mass is 16.3. The van der Waals surface area contributed by atoms with E-state index in [1.165, 1.54) is 25.7 Å². The fraction of sp³-hybridized carbons (Fsp3) is 1.00. The topological polar surface area (TPSA) is 35.5 Å². The second-order valence-corrected chi connectivity index (χ2v) is 5.23. The predicted octanol–water partition coefficient (Wildman–Crippen LogP) is 1.22. The van der Waals surface area contributed by atoms with Gasteiger partial charge in [-0.3, -0.25) is 0 Å². The van der Waals surface area contributed by atoms with Crippen LogP contribution in [0, 0.1) is 0 Å². The first-order chi connectivity index (χ1) is 7.09. The molecule has 1 aliphatic rings. The summed E-state index contributed by atoms with van der Waals surface area (Å²) in [7, 11) is 2.14. The molecule has 3 nitrogen and oxygen atoms in total. The normalized spacial score (nSPS) is 20.6. The number of rotatable bonds is 8. The Bertz CT molecular complexity index is 182. The van der Waals surface area contributed by atoms with E-state index in [4.69, 9.17) is 0 Å². The van der Waals surface area contributed by atoms with E-state index in [-0.39, 0.29) is 12.1 Å². The van der Waals surface area contributed by atoms with Crippen LogP contribution in [-0.2, 0) is 0 Å². The van der Waals surface area contributed by atoms with Gasteiger partial charge in [-0.15, -0.1) is 0 Å². The molecule has 0 aromatic heterocycles. The Hall–Kier alpha value is -0.120.